The number of rotatable bonds is 7. The normalized spacial score (nSPS) is 24.0. The lowest BCUT2D eigenvalue weighted by Gasteiger charge is -2.19. The predicted octanol–water partition coefficient (Wildman–Crippen LogP) is 2.29. The second kappa shape index (κ2) is 7.55. The molecule has 84 valence electrons. The van der Waals surface area contributed by atoms with Crippen LogP contribution in [0.4, 0.5) is 0 Å². The van der Waals surface area contributed by atoms with Crippen LogP contribution in [-0.4, -0.2) is 37.3 Å². The number of thioether (sulfide) groups is 1. The summed E-state index contributed by atoms with van der Waals surface area (Å²) in [6.45, 7) is 4.34. The van der Waals surface area contributed by atoms with Crippen LogP contribution in [0.1, 0.15) is 32.6 Å². The van der Waals surface area contributed by atoms with Gasteiger partial charge in [-0.05, 0) is 51.2 Å². The fraction of sp³-hybridized carbons (Fsp3) is 1.00. The second-order valence-corrected chi connectivity index (χ2v) is 4.98. The molecule has 0 bridgehead atoms. The summed E-state index contributed by atoms with van der Waals surface area (Å²) in [6.07, 6.45) is 7.73. The van der Waals surface area contributed by atoms with Crippen molar-refractivity contribution < 1.29 is 4.74 Å². The summed E-state index contributed by atoms with van der Waals surface area (Å²) >= 11 is 1.93. The van der Waals surface area contributed by atoms with Gasteiger partial charge in [0.15, 0.2) is 0 Å². The van der Waals surface area contributed by atoms with E-state index < -0.39 is 0 Å². The molecule has 1 rings (SSSR count). The molecule has 14 heavy (non-hydrogen) atoms. The Morgan fingerprint density at radius 3 is 3.00 bits per heavy atom. The largest absolute Gasteiger partial charge is 0.377 e. The molecule has 0 aliphatic carbocycles. The van der Waals surface area contributed by atoms with Gasteiger partial charge in [0, 0.05) is 12.6 Å². The topological polar surface area (TPSA) is 21.3 Å². The van der Waals surface area contributed by atoms with E-state index in [1.807, 2.05) is 11.8 Å². The molecule has 2 unspecified atom stereocenters. The van der Waals surface area contributed by atoms with Crippen molar-refractivity contribution in [2.45, 2.75) is 44.8 Å². The first-order valence-electron chi connectivity index (χ1n) is 5.68. The van der Waals surface area contributed by atoms with E-state index in [9.17, 15) is 0 Å². The van der Waals surface area contributed by atoms with Gasteiger partial charge in [-0.2, -0.15) is 11.8 Å². The number of hydrogen-bond acceptors (Lipinski definition) is 3. The quantitative estimate of drug-likeness (QED) is 0.661. The molecule has 3 heteroatoms. The van der Waals surface area contributed by atoms with Crippen LogP contribution in [0.25, 0.3) is 0 Å². The highest BCUT2D eigenvalue weighted by molar-refractivity contribution is 7.98. The molecule has 0 aromatic heterocycles. The molecule has 2 nitrogen and oxygen atoms in total. The van der Waals surface area contributed by atoms with Gasteiger partial charge in [-0.25, -0.2) is 0 Å². The predicted molar refractivity (Wildman–Crippen MR) is 64.1 cm³/mol. The molecule has 2 atom stereocenters. The summed E-state index contributed by atoms with van der Waals surface area (Å²) in [6, 6.07) is 0.534. The molecule has 0 aromatic rings. The number of hydrogen-bond donors (Lipinski definition) is 1. The maximum Gasteiger partial charge on any atom is 0.0726 e. The van der Waals surface area contributed by atoms with E-state index in [2.05, 4.69) is 18.5 Å². The Morgan fingerprint density at radius 2 is 2.36 bits per heavy atom. The monoisotopic (exact) mass is 217 g/mol. The van der Waals surface area contributed by atoms with Crippen LogP contribution in [0.5, 0.6) is 0 Å². The van der Waals surface area contributed by atoms with E-state index in [1.165, 1.54) is 31.4 Å². The van der Waals surface area contributed by atoms with Gasteiger partial charge in [0.25, 0.3) is 0 Å². The van der Waals surface area contributed by atoms with Crippen molar-refractivity contribution in [3.05, 3.63) is 0 Å². The van der Waals surface area contributed by atoms with Crippen LogP contribution in [0, 0.1) is 0 Å². The molecule has 1 aliphatic heterocycles. The molecule has 0 amide bonds. The maximum atomic E-state index is 5.63. The Morgan fingerprint density at radius 1 is 1.50 bits per heavy atom. The molecule has 1 aliphatic rings. The van der Waals surface area contributed by atoms with Crippen LogP contribution in [0.15, 0.2) is 0 Å². The van der Waals surface area contributed by atoms with Gasteiger partial charge in [0.05, 0.1) is 6.10 Å². The van der Waals surface area contributed by atoms with Crippen molar-refractivity contribution in [3.63, 3.8) is 0 Å². The Labute approximate surface area is 92.2 Å². The molecule has 0 saturated carbocycles. The van der Waals surface area contributed by atoms with E-state index in [0.717, 1.165) is 13.2 Å². The molecule has 0 aromatic carbocycles. The van der Waals surface area contributed by atoms with Crippen molar-refractivity contribution in [3.8, 4) is 0 Å². The van der Waals surface area contributed by atoms with Crippen molar-refractivity contribution in [1.29, 1.82) is 0 Å². The van der Waals surface area contributed by atoms with E-state index in [4.69, 9.17) is 4.74 Å². The van der Waals surface area contributed by atoms with Gasteiger partial charge < -0.3 is 10.1 Å². The van der Waals surface area contributed by atoms with Crippen LogP contribution in [0.2, 0.25) is 0 Å². The number of ether oxygens (including phenoxy) is 1. The Kier molecular flexibility index (Phi) is 6.65. The Balaban J connectivity index is 1.94. The van der Waals surface area contributed by atoms with Crippen LogP contribution < -0.4 is 5.32 Å². The molecule has 1 fully saturated rings. The van der Waals surface area contributed by atoms with Gasteiger partial charge in [0.2, 0.25) is 0 Å². The summed E-state index contributed by atoms with van der Waals surface area (Å²) in [5.74, 6) is 1.29. The second-order valence-electron chi connectivity index (χ2n) is 3.99. The van der Waals surface area contributed by atoms with E-state index in [1.54, 1.807) is 0 Å². The molecular weight excluding hydrogens is 194 g/mol. The minimum Gasteiger partial charge on any atom is -0.377 e. The van der Waals surface area contributed by atoms with Gasteiger partial charge in [-0.1, -0.05) is 0 Å². The fourth-order valence-corrected chi connectivity index (χ4v) is 2.32. The maximum absolute atomic E-state index is 5.63. The van der Waals surface area contributed by atoms with Crippen molar-refractivity contribution in [1.82, 2.24) is 5.32 Å². The summed E-state index contributed by atoms with van der Waals surface area (Å²) in [5, 5.41) is 3.55. The first-order valence-corrected chi connectivity index (χ1v) is 7.08. The zero-order valence-corrected chi connectivity index (χ0v) is 10.2. The summed E-state index contributed by atoms with van der Waals surface area (Å²) in [7, 11) is 0. The van der Waals surface area contributed by atoms with E-state index in [0.29, 0.717) is 12.1 Å². The lowest BCUT2D eigenvalue weighted by molar-refractivity contribution is 0.0837. The summed E-state index contributed by atoms with van der Waals surface area (Å²) in [5.41, 5.74) is 0. The zero-order valence-electron chi connectivity index (χ0n) is 9.42. The lowest BCUT2D eigenvalue weighted by Crippen LogP contribution is -2.37. The molecule has 0 radical (unpaired) electrons. The van der Waals surface area contributed by atoms with Crippen molar-refractivity contribution >= 4 is 11.8 Å². The van der Waals surface area contributed by atoms with E-state index >= 15 is 0 Å². The zero-order chi connectivity index (χ0) is 10.2. The average molecular weight is 217 g/mol. The highest BCUT2D eigenvalue weighted by Gasteiger charge is 2.21. The lowest BCUT2D eigenvalue weighted by atomic mass is 10.1. The van der Waals surface area contributed by atoms with Crippen LogP contribution in [0.3, 0.4) is 0 Å². The van der Waals surface area contributed by atoms with E-state index in [-0.39, 0.29) is 0 Å². The Hall–Kier alpha value is 0.270. The number of nitrogens with one attached hydrogen (secondary N) is 1. The molecule has 1 heterocycles. The van der Waals surface area contributed by atoms with Gasteiger partial charge >= 0.3 is 0 Å². The molecule has 1 N–H and O–H groups in total. The first-order chi connectivity index (χ1) is 6.84. The first kappa shape index (κ1) is 12.3. The van der Waals surface area contributed by atoms with Crippen molar-refractivity contribution in [2.75, 3.05) is 25.2 Å². The SMILES string of the molecule is CSCCCCNC(C)C1CCCO1. The highest BCUT2D eigenvalue weighted by atomic mass is 32.2. The molecule has 0 spiro atoms. The summed E-state index contributed by atoms with van der Waals surface area (Å²) in [4.78, 5) is 0. The van der Waals surface area contributed by atoms with Gasteiger partial charge in [-0.15, -0.1) is 0 Å². The molecular formula is C11H23NOS. The van der Waals surface area contributed by atoms with Crippen LogP contribution in [-0.2, 0) is 4.74 Å². The minimum absolute atomic E-state index is 0.468. The third-order valence-electron chi connectivity index (χ3n) is 2.76. The third-order valence-corrected chi connectivity index (χ3v) is 3.46. The fourth-order valence-electron chi connectivity index (χ4n) is 1.83. The smallest absolute Gasteiger partial charge is 0.0726 e. The third kappa shape index (κ3) is 4.67. The highest BCUT2D eigenvalue weighted by Crippen LogP contribution is 2.15. The minimum atomic E-state index is 0.468. The van der Waals surface area contributed by atoms with Crippen LogP contribution >= 0.6 is 11.8 Å². The number of unbranched alkanes of at least 4 members (excludes halogenated alkanes) is 1. The van der Waals surface area contributed by atoms with Gasteiger partial charge in [0.1, 0.15) is 0 Å². The average Bonchev–Trinajstić information content (AvgIpc) is 2.70. The summed E-state index contributed by atoms with van der Waals surface area (Å²) < 4.78 is 5.63. The Bertz CT molecular complexity index is 137. The van der Waals surface area contributed by atoms with Gasteiger partial charge in [-0.3, -0.25) is 0 Å². The van der Waals surface area contributed by atoms with Crippen molar-refractivity contribution in [2.24, 2.45) is 0 Å². The molecule has 1 saturated heterocycles. The standard InChI is InChI=1S/C11H23NOS/c1-10(11-6-5-8-13-11)12-7-3-4-9-14-2/h10-12H,3-9H2,1-2H3.